The van der Waals surface area contributed by atoms with Gasteiger partial charge < -0.3 is 5.32 Å². The molecule has 1 saturated carbocycles. The Morgan fingerprint density at radius 2 is 1.71 bits per heavy atom. The Morgan fingerprint density at radius 3 is 2.54 bits per heavy atom. The van der Waals surface area contributed by atoms with Gasteiger partial charge in [-0.3, -0.25) is 0 Å². The molecule has 1 heterocycles. The average Bonchev–Trinajstić information content (AvgIpc) is 3.24. The Hall–Kier alpha value is -2.39. The molecule has 0 amide bonds. The summed E-state index contributed by atoms with van der Waals surface area (Å²) in [5.41, 5.74) is 4.61. The zero-order valence-electron chi connectivity index (χ0n) is 16.8. The van der Waals surface area contributed by atoms with Crippen molar-refractivity contribution in [3.63, 3.8) is 0 Å². The number of hydrogen-bond acceptors (Lipinski definition) is 2. The van der Waals surface area contributed by atoms with Crippen molar-refractivity contribution in [3.05, 3.63) is 72.4 Å². The lowest BCUT2D eigenvalue weighted by molar-refractivity contribution is 0.304. The van der Waals surface area contributed by atoms with Crippen molar-refractivity contribution in [3.8, 4) is 16.9 Å². The summed E-state index contributed by atoms with van der Waals surface area (Å²) in [6, 6.07) is 21.6. The highest BCUT2D eigenvalue weighted by atomic mass is 15.3. The second-order valence-corrected chi connectivity index (χ2v) is 8.16. The number of aromatic nitrogens is 2. The zero-order valence-corrected chi connectivity index (χ0v) is 16.8. The van der Waals surface area contributed by atoms with Gasteiger partial charge in [0.05, 0.1) is 11.4 Å². The van der Waals surface area contributed by atoms with Crippen LogP contribution in [-0.4, -0.2) is 15.8 Å². The fourth-order valence-electron chi connectivity index (χ4n) is 4.40. The van der Waals surface area contributed by atoms with E-state index < -0.39 is 0 Å². The molecule has 0 saturated heterocycles. The van der Waals surface area contributed by atoms with Gasteiger partial charge in [-0.2, -0.15) is 5.10 Å². The summed E-state index contributed by atoms with van der Waals surface area (Å²) in [5, 5.41) is 8.57. The van der Waals surface area contributed by atoms with Gasteiger partial charge in [-0.15, -0.1) is 0 Å². The molecule has 1 N–H and O–H groups in total. The minimum atomic E-state index is 0.550. The molecular weight excluding hydrogens is 342 g/mol. The standard InChI is InChI=1S/C25H31N3/c1-20(18-21-10-4-2-5-11-21)26-19-23-14-8-9-15-25(23)28-17-16-24(27-28)22-12-6-3-7-13-22/h3,6-9,12-17,20-21,26H,2,4-5,10-11,18-19H2,1H3. The Morgan fingerprint density at radius 1 is 0.964 bits per heavy atom. The third-order valence-corrected chi connectivity index (χ3v) is 5.95. The molecule has 3 aromatic rings. The third-order valence-electron chi connectivity index (χ3n) is 5.95. The van der Waals surface area contributed by atoms with E-state index in [-0.39, 0.29) is 0 Å². The van der Waals surface area contributed by atoms with E-state index in [1.54, 1.807) is 0 Å². The summed E-state index contributed by atoms with van der Waals surface area (Å²) < 4.78 is 2.01. The van der Waals surface area contributed by atoms with Gasteiger partial charge in [0.2, 0.25) is 0 Å². The van der Waals surface area contributed by atoms with E-state index in [2.05, 4.69) is 73.0 Å². The average molecular weight is 374 g/mol. The van der Waals surface area contributed by atoms with Crippen LogP contribution in [0.4, 0.5) is 0 Å². The van der Waals surface area contributed by atoms with Gasteiger partial charge in [-0.25, -0.2) is 4.68 Å². The van der Waals surface area contributed by atoms with Crippen molar-refractivity contribution in [2.45, 2.75) is 58.0 Å². The first-order chi connectivity index (χ1) is 13.8. The van der Waals surface area contributed by atoms with E-state index in [0.717, 1.165) is 29.4 Å². The van der Waals surface area contributed by atoms with E-state index in [0.29, 0.717) is 6.04 Å². The molecule has 1 atom stereocenters. The summed E-state index contributed by atoms with van der Waals surface area (Å²) in [4.78, 5) is 0. The summed E-state index contributed by atoms with van der Waals surface area (Å²) in [6.07, 6.45) is 10.5. The monoisotopic (exact) mass is 373 g/mol. The van der Waals surface area contributed by atoms with Crippen LogP contribution in [0, 0.1) is 5.92 Å². The van der Waals surface area contributed by atoms with Crippen molar-refractivity contribution in [1.29, 1.82) is 0 Å². The lowest BCUT2D eigenvalue weighted by atomic mass is 9.85. The molecule has 1 aliphatic carbocycles. The highest BCUT2D eigenvalue weighted by Crippen LogP contribution is 2.27. The fraction of sp³-hybridized carbons (Fsp3) is 0.400. The van der Waals surface area contributed by atoms with Crippen LogP contribution in [0.2, 0.25) is 0 Å². The highest BCUT2D eigenvalue weighted by Gasteiger charge is 2.16. The van der Waals surface area contributed by atoms with Gasteiger partial charge in [0.15, 0.2) is 0 Å². The summed E-state index contributed by atoms with van der Waals surface area (Å²) in [6.45, 7) is 3.21. The van der Waals surface area contributed by atoms with Crippen LogP contribution >= 0.6 is 0 Å². The molecule has 3 heteroatoms. The maximum Gasteiger partial charge on any atom is 0.0927 e. The lowest BCUT2D eigenvalue weighted by Gasteiger charge is -2.25. The quantitative estimate of drug-likeness (QED) is 0.551. The first-order valence-electron chi connectivity index (χ1n) is 10.7. The predicted octanol–water partition coefficient (Wildman–Crippen LogP) is 5.99. The number of nitrogens with one attached hydrogen (secondary N) is 1. The number of benzene rings is 2. The van der Waals surface area contributed by atoms with Crippen molar-refractivity contribution < 1.29 is 0 Å². The van der Waals surface area contributed by atoms with Crippen LogP contribution in [0.1, 0.15) is 51.0 Å². The first kappa shape index (κ1) is 18.9. The van der Waals surface area contributed by atoms with Crippen LogP contribution in [-0.2, 0) is 6.54 Å². The molecular formula is C25H31N3. The van der Waals surface area contributed by atoms with Crippen LogP contribution in [0.5, 0.6) is 0 Å². The van der Waals surface area contributed by atoms with Crippen molar-refractivity contribution in [2.75, 3.05) is 0 Å². The second kappa shape index (κ2) is 9.20. The Labute approximate surface area is 168 Å². The summed E-state index contributed by atoms with van der Waals surface area (Å²) in [7, 11) is 0. The van der Waals surface area contributed by atoms with Crippen LogP contribution in [0.3, 0.4) is 0 Å². The highest BCUT2D eigenvalue weighted by molar-refractivity contribution is 5.58. The summed E-state index contributed by atoms with van der Waals surface area (Å²) >= 11 is 0. The largest absolute Gasteiger partial charge is 0.310 e. The van der Waals surface area contributed by atoms with E-state index in [9.17, 15) is 0 Å². The van der Waals surface area contributed by atoms with E-state index in [4.69, 9.17) is 5.10 Å². The SMILES string of the molecule is CC(CC1CCCCC1)NCc1ccccc1-n1ccc(-c2ccccc2)n1. The first-order valence-corrected chi connectivity index (χ1v) is 10.7. The van der Waals surface area contributed by atoms with E-state index >= 15 is 0 Å². The van der Waals surface area contributed by atoms with Gasteiger partial charge in [-0.05, 0) is 37.0 Å². The third kappa shape index (κ3) is 4.71. The van der Waals surface area contributed by atoms with E-state index in [1.165, 1.54) is 44.1 Å². The predicted molar refractivity (Wildman–Crippen MR) is 116 cm³/mol. The van der Waals surface area contributed by atoms with Crippen molar-refractivity contribution >= 4 is 0 Å². The number of nitrogens with zero attached hydrogens (tertiary/aromatic N) is 2. The minimum Gasteiger partial charge on any atom is -0.310 e. The molecule has 1 unspecified atom stereocenters. The van der Waals surface area contributed by atoms with Crippen LogP contribution < -0.4 is 5.32 Å². The second-order valence-electron chi connectivity index (χ2n) is 8.16. The fourth-order valence-corrected chi connectivity index (χ4v) is 4.40. The molecule has 0 aliphatic heterocycles. The summed E-state index contributed by atoms with van der Waals surface area (Å²) in [5.74, 6) is 0.908. The normalized spacial score (nSPS) is 16.2. The molecule has 0 spiro atoms. The molecule has 1 fully saturated rings. The molecule has 0 bridgehead atoms. The maximum atomic E-state index is 4.82. The molecule has 28 heavy (non-hydrogen) atoms. The van der Waals surface area contributed by atoms with Crippen LogP contribution in [0.25, 0.3) is 16.9 Å². The zero-order chi connectivity index (χ0) is 19.2. The van der Waals surface area contributed by atoms with Crippen molar-refractivity contribution in [1.82, 2.24) is 15.1 Å². The van der Waals surface area contributed by atoms with E-state index in [1.807, 2.05) is 10.7 Å². The minimum absolute atomic E-state index is 0.550. The lowest BCUT2D eigenvalue weighted by Crippen LogP contribution is -2.29. The smallest absolute Gasteiger partial charge is 0.0927 e. The molecule has 1 aliphatic rings. The Balaban J connectivity index is 1.43. The van der Waals surface area contributed by atoms with Crippen LogP contribution in [0.15, 0.2) is 66.9 Å². The topological polar surface area (TPSA) is 29.9 Å². The molecule has 3 nitrogen and oxygen atoms in total. The Bertz CT molecular complexity index is 862. The van der Waals surface area contributed by atoms with Gasteiger partial charge in [0, 0.05) is 24.3 Å². The van der Waals surface area contributed by atoms with Gasteiger partial charge >= 0.3 is 0 Å². The molecule has 146 valence electrons. The number of hydrogen-bond donors (Lipinski definition) is 1. The van der Waals surface area contributed by atoms with Gasteiger partial charge in [0.25, 0.3) is 0 Å². The molecule has 2 aromatic carbocycles. The van der Waals surface area contributed by atoms with Gasteiger partial charge in [0.1, 0.15) is 0 Å². The molecule has 1 aromatic heterocycles. The molecule has 0 radical (unpaired) electrons. The maximum absolute atomic E-state index is 4.82. The number of rotatable bonds is 7. The number of para-hydroxylation sites is 1. The molecule has 4 rings (SSSR count). The Kier molecular flexibility index (Phi) is 6.23. The van der Waals surface area contributed by atoms with Gasteiger partial charge in [-0.1, -0.05) is 80.6 Å². The van der Waals surface area contributed by atoms with Crippen molar-refractivity contribution in [2.24, 2.45) is 5.92 Å².